The summed E-state index contributed by atoms with van der Waals surface area (Å²) in [6.45, 7) is 1.99. The van der Waals surface area contributed by atoms with Crippen LogP contribution in [0.5, 0.6) is 0 Å². The van der Waals surface area contributed by atoms with E-state index in [1.54, 1.807) is 0 Å². The molecule has 1 heteroatoms. The molecule has 1 nitrogen and oxygen atoms in total. The summed E-state index contributed by atoms with van der Waals surface area (Å²) in [5, 5.41) is 2.46. The van der Waals surface area contributed by atoms with E-state index in [1.807, 2.05) is 31.2 Å². The first-order chi connectivity index (χ1) is 8.88. The standard InChI is InChI=1S/C17H14O/c1-2-6-14-11-12-17(18-14)16-10-5-8-13-7-3-4-9-15(13)16/h2-12H,1H3/b6-2+. The molecule has 0 atom stereocenters. The molecule has 88 valence electrons. The van der Waals surface area contributed by atoms with Crippen molar-refractivity contribution in [2.24, 2.45) is 0 Å². The van der Waals surface area contributed by atoms with Gasteiger partial charge in [0.25, 0.3) is 0 Å². The fraction of sp³-hybridized carbons (Fsp3) is 0.0588. The van der Waals surface area contributed by atoms with Crippen LogP contribution >= 0.6 is 0 Å². The van der Waals surface area contributed by atoms with Crippen LogP contribution in [0.25, 0.3) is 28.2 Å². The fourth-order valence-electron chi connectivity index (χ4n) is 2.19. The Labute approximate surface area is 106 Å². The van der Waals surface area contributed by atoms with Crippen molar-refractivity contribution in [2.75, 3.05) is 0 Å². The van der Waals surface area contributed by atoms with Gasteiger partial charge >= 0.3 is 0 Å². The smallest absolute Gasteiger partial charge is 0.135 e. The third-order valence-electron chi connectivity index (χ3n) is 3.01. The Bertz CT molecular complexity index is 699. The molecule has 0 radical (unpaired) electrons. The number of rotatable bonds is 2. The van der Waals surface area contributed by atoms with E-state index in [-0.39, 0.29) is 0 Å². The molecule has 1 aromatic heterocycles. The Kier molecular flexibility index (Phi) is 2.73. The molecule has 0 aliphatic heterocycles. The molecule has 3 aromatic rings. The van der Waals surface area contributed by atoms with Gasteiger partial charge in [-0.2, -0.15) is 0 Å². The summed E-state index contributed by atoms with van der Waals surface area (Å²) >= 11 is 0. The molecule has 0 unspecified atom stereocenters. The number of benzene rings is 2. The van der Waals surface area contributed by atoms with Crippen LogP contribution in [0.4, 0.5) is 0 Å². The maximum atomic E-state index is 5.83. The van der Waals surface area contributed by atoms with Crippen molar-refractivity contribution in [3.05, 3.63) is 66.4 Å². The molecule has 0 saturated carbocycles. The van der Waals surface area contributed by atoms with Gasteiger partial charge in [0, 0.05) is 5.56 Å². The quantitative estimate of drug-likeness (QED) is 0.599. The highest BCUT2D eigenvalue weighted by Gasteiger charge is 2.06. The summed E-state index contributed by atoms with van der Waals surface area (Å²) < 4.78 is 5.83. The summed E-state index contributed by atoms with van der Waals surface area (Å²) in [6.07, 6.45) is 3.94. The molecule has 0 aliphatic carbocycles. The number of fused-ring (bicyclic) bond motifs is 1. The van der Waals surface area contributed by atoms with Gasteiger partial charge in [-0.3, -0.25) is 0 Å². The Balaban J connectivity index is 2.18. The minimum atomic E-state index is 0.889. The van der Waals surface area contributed by atoms with Gasteiger partial charge in [0.15, 0.2) is 0 Å². The minimum Gasteiger partial charge on any atom is -0.457 e. The highest BCUT2D eigenvalue weighted by Crippen LogP contribution is 2.30. The average molecular weight is 234 g/mol. The predicted molar refractivity (Wildman–Crippen MR) is 76.4 cm³/mol. The maximum Gasteiger partial charge on any atom is 0.135 e. The molecule has 0 aliphatic rings. The topological polar surface area (TPSA) is 13.1 Å². The lowest BCUT2D eigenvalue weighted by atomic mass is 10.0. The van der Waals surface area contributed by atoms with Crippen LogP contribution in [-0.2, 0) is 0 Å². The van der Waals surface area contributed by atoms with Gasteiger partial charge < -0.3 is 4.42 Å². The van der Waals surface area contributed by atoms with Crippen molar-refractivity contribution in [1.82, 2.24) is 0 Å². The summed E-state index contributed by atoms with van der Waals surface area (Å²) in [7, 11) is 0. The van der Waals surface area contributed by atoms with Crippen LogP contribution in [0.2, 0.25) is 0 Å². The predicted octanol–water partition coefficient (Wildman–Crippen LogP) is 5.13. The van der Waals surface area contributed by atoms with Gasteiger partial charge in [-0.1, -0.05) is 48.5 Å². The van der Waals surface area contributed by atoms with Crippen LogP contribution in [0.1, 0.15) is 12.7 Å². The highest BCUT2D eigenvalue weighted by molar-refractivity contribution is 5.95. The third-order valence-corrected chi connectivity index (χ3v) is 3.01. The number of hydrogen-bond donors (Lipinski definition) is 0. The van der Waals surface area contributed by atoms with E-state index in [1.165, 1.54) is 10.8 Å². The zero-order chi connectivity index (χ0) is 12.4. The van der Waals surface area contributed by atoms with Gasteiger partial charge in [-0.15, -0.1) is 0 Å². The molecule has 0 fully saturated rings. The van der Waals surface area contributed by atoms with Crippen LogP contribution in [0.15, 0.2) is 65.1 Å². The van der Waals surface area contributed by atoms with Crippen molar-refractivity contribution in [1.29, 1.82) is 0 Å². The van der Waals surface area contributed by atoms with Gasteiger partial charge in [0.2, 0.25) is 0 Å². The second kappa shape index (κ2) is 4.53. The van der Waals surface area contributed by atoms with Crippen LogP contribution < -0.4 is 0 Å². The Morgan fingerprint density at radius 2 is 1.72 bits per heavy atom. The normalized spacial score (nSPS) is 11.4. The lowest BCUT2D eigenvalue weighted by Crippen LogP contribution is -1.78. The van der Waals surface area contributed by atoms with Crippen LogP contribution in [-0.4, -0.2) is 0 Å². The Morgan fingerprint density at radius 3 is 2.61 bits per heavy atom. The van der Waals surface area contributed by atoms with E-state index < -0.39 is 0 Å². The van der Waals surface area contributed by atoms with Crippen molar-refractivity contribution < 1.29 is 4.42 Å². The zero-order valence-corrected chi connectivity index (χ0v) is 10.3. The first-order valence-corrected chi connectivity index (χ1v) is 6.09. The molecular formula is C17H14O. The first-order valence-electron chi connectivity index (χ1n) is 6.09. The van der Waals surface area contributed by atoms with Crippen LogP contribution in [0, 0.1) is 0 Å². The van der Waals surface area contributed by atoms with Crippen molar-refractivity contribution in [2.45, 2.75) is 6.92 Å². The average Bonchev–Trinajstić information content (AvgIpc) is 2.87. The highest BCUT2D eigenvalue weighted by atomic mass is 16.3. The number of allylic oxidation sites excluding steroid dienone is 1. The first kappa shape index (κ1) is 10.8. The summed E-state index contributed by atoms with van der Waals surface area (Å²) in [4.78, 5) is 0. The van der Waals surface area contributed by atoms with Crippen LogP contribution in [0.3, 0.4) is 0 Å². The molecule has 0 saturated heterocycles. The summed E-state index contributed by atoms with van der Waals surface area (Å²) in [5.74, 6) is 1.81. The Morgan fingerprint density at radius 1 is 0.889 bits per heavy atom. The van der Waals surface area contributed by atoms with E-state index >= 15 is 0 Å². The molecule has 3 rings (SSSR count). The van der Waals surface area contributed by atoms with Crippen molar-refractivity contribution in [3.63, 3.8) is 0 Å². The molecule has 2 aromatic carbocycles. The molecule has 0 spiro atoms. The Hall–Kier alpha value is -2.28. The molecule has 0 amide bonds. The second-order valence-corrected chi connectivity index (χ2v) is 4.23. The molecule has 0 N–H and O–H groups in total. The van der Waals surface area contributed by atoms with Gasteiger partial charge in [0.05, 0.1) is 0 Å². The van der Waals surface area contributed by atoms with Gasteiger partial charge in [0.1, 0.15) is 11.5 Å². The van der Waals surface area contributed by atoms with Gasteiger partial charge in [-0.25, -0.2) is 0 Å². The second-order valence-electron chi connectivity index (χ2n) is 4.23. The fourth-order valence-corrected chi connectivity index (χ4v) is 2.19. The lowest BCUT2D eigenvalue weighted by Gasteiger charge is -2.03. The van der Waals surface area contributed by atoms with E-state index in [4.69, 9.17) is 4.42 Å². The molecule has 1 heterocycles. The number of furan rings is 1. The largest absolute Gasteiger partial charge is 0.457 e. The minimum absolute atomic E-state index is 0.889. The molecule has 0 bridgehead atoms. The van der Waals surface area contributed by atoms with E-state index in [0.717, 1.165) is 17.1 Å². The summed E-state index contributed by atoms with van der Waals surface area (Å²) in [5.41, 5.74) is 1.14. The van der Waals surface area contributed by atoms with Crippen molar-refractivity contribution >= 4 is 16.8 Å². The van der Waals surface area contributed by atoms with E-state index in [0.29, 0.717) is 0 Å². The SMILES string of the molecule is C/C=C/c1ccc(-c2cccc3ccccc23)o1. The lowest BCUT2D eigenvalue weighted by molar-refractivity contribution is 0.572. The maximum absolute atomic E-state index is 5.83. The van der Waals surface area contributed by atoms with E-state index in [9.17, 15) is 0 Å². The summed E-state index contributed by atoms with van der Waals surface area (Å²) in [6, 6.07) is 18.7. The van der Waals surface area contributed by atoms with Gasteiger partial charge in [-0.05, 0) is 35.9 Å². The van der Waals surface area contributed by atoms with Crippen molar-refractivity contribution in [3.8, 4) is 11.3 Å². The number of hydrogen-bond acceptors (Lipinski definition) is 1. The zero-order valence-electron chi connectivity index (χ0n) is 10.3. The third kappa shape index (κ3) is 1.84. The van der Waals surface area contributed by atoms with E-state index in [2.05, 4.69) is 42.5 Å². The molecule has 18 heavy (non-hydrogen) atoms. The monoisotopic (exact) mass is 234 g/mol. The molecular weight excluding hydrogens is 220 g/mol.